The van der Waals surface area contributed by atoms with Gasteiger partial charge in [-0.15, -0.1) is 0 Å². The van der Waals surface area contributed by atoms with E-state index in [-0.39, 0.29) is 5.41 Å². The summed E-state index contributed by atoms with van der Waals surface area (Å²) >= 11 is 0. The molecular formula is C13H23N3. The normalized spacial score (nSPS) is 11.6. The Kier molecular flexibility index (Phi) is 4.30. The van der Waals surface area contributed by atoms with Crippen LogP contribution in [0.1, 0.15) is 26.5 Å². The molecule has 0 aliphatic rings. The van der Waals surface area contributed by atoms with Gasteiger partial charge in [0.25, 0.3) is 0 Å². The lowest BCUT2D eigenvalue weighted by Crippen LogP contribution is -2.39. The van der Waals surface area contributed by atoms with Gasteiger partial charge in [-0.3, -0.25) is 0 Å². The van der Waals surface area contributed by atoms with Gasteiger partial charge in [-0.1, -0.05) is 19.9 Å². The van der Waals surface area contributed by atoms with E-state index >= 15 is 0 Å². The predicted molar refractivity (Wildman–Crippen MR) is 69.7 cm³/mol. The third-order valence-electron chi connectivity index (χ3n) is 2.75. The van der Waals surface area contributed by atoms with Crippen molar-refractivity contribution in [2.24, 2.45) is 11.1 Å². The topological polar surface area (TPSA) is 42.1 Å². The van der Waals surface area contributed by atoms with Crippen molar-refractivity contribution in [1.82, 2.24) is 4.98 Å². The summed E-state index contributed by atoms with van der Waals surface area (Å²) in [6.07, 6.45) is 0. The van der Waals surface area contributed by atoms with Gasteiger partial charge in [-0.05, 0) is 37.9 Å². The van der Waals surface area contributed by atoms with Gasteiger partial charge in [0.2, 0.25) is 0 Å². The number of rotatable bonds is 5. The molecule has 0 aliphatic heterocycles. The third kappa shape index (κ3) is 3.49. The molecule has 0 radical (unpaired) electrons. The van der Waals surface area contributed by atoms with Crippen LogP contribution in [0, 0.1) is 12.3 Å². The van der Waals surface area contributed by atoms with Crippen LogP contribution in [-0.4, -0.2) is 24.6 Å². The summed E-state index contributed by atoms with van der Waals surface area (Å²) in [6.45, 7) is 11.1. The predicted octanol–water partition coefficient (Wildman–Crippen LogP) is 2.20. The van der Waals surface area contributed by atoms with E-state index in [2.05, 4.69) is 42.8 Å². The molecule has 0 bridgehead atoms. The van der Waals surface area contributed by atoms with Crippen LogP contribution in [-0.2, 0) is 0 Å². The molecule has 0 unspecified atom stereocenters. The van der Waals surface area contributed by atoms with Crippen LogP contribution in [0.4, 0.5) is 5.82 Å². The lowest BCUT2D eigenvalue weighted by atomic mass is 9.93. The first kappa shape index (κ1) is 13.0. The molecule has 0 saturated heterocycles. The molecule has 1 rings (SSSR count). The SMILES string of the molecule is CCN(CC(C)(C)CN)c1cccc(C)n1. The Morgan fingerprint density at radius 3 is 2.56 bits per heavy atom. The Morgan fingerprint density at radius 1 is 1.38 bits per heavy atom. The van der Waals surface area contributed by atoms with Gasteiger partial charge in [-0.25, -0.2) is 4.98 Å². The molecule has 1 aromatic rings. The maximum absolute atomic E-state index is 5.77. The summed E-state index contributed by atoms with van der Waals surface area (Å²) in [5.41, 5.74) is 6.95. The van der Waals surface area contributed by atoms with Crippen molar-refractivity contribution in [2.75, 3.05) is 24.5 Å². The number of hydrogen-bond donors (Lipinski definition) is 1. The molecule has 90 valence electrons. The van der Waals surface area contributed by atoms with Crippen LogP contribution in [0.5, 0.6) is 0 Å². The molecule has 16 heavy (non-hydrogen) atoms. The molecule has 0 aromatic carbocycles. The van der Waals surface area contributed by atoms with Gasteiger partial charge in [0.1, 0.15) is 5.82 Å². The summed E-state index contributed by atoms with van der Waals surface area (Å²) in [6, 6.07) is 6.13. The summed E-state index contributed by atoms with van der Waals surface area (Å²) in [5, 5.41) is 0. The minimum absolute atomic E-state index is 0.126. The molecule has 0 atom stereocenters. The highest BCUT2D eigenvalue weighted by Crippen LogP contribution is 2.19. The van der Waals surface area contributed by atoms with Gasteiger partial charge in [0.05, 0.1) is 0 Å². The van der Waals surface area contributed by atoms with Crippen LogP contribution >= 0.6 is 0 Å². The molecular weight excluding hydrogens is 198 g/mol. The number of anilines is 1. The Bertz CT molecular complexity index is 334. The van der Waals surface area contributed by atoms with E-state index < -0.39 is 0 Å². The van der Waals surface area contributed by atoms with Crippen molar-refractivity contribution in [3.63, 3.8) is 0 Å². The second-order valence-electron chi connectivity index (χ2n) is 5.02. The molecule has 0 spiro atoms. The summed E-state index contributed by atoms with van der Waals surface area (Å²) < 4.78 is 0. The summed E-state index contributed by atoms with van der Waals surface area (Å²) in [7, 11) is 0. The number of aromatic nitrogens is 1. The fourth-order valence-electron chi connectivity index (χ4n) is 1.64. The van der Waals surface area contributed by atoms with E-state index in [1.54, 1.807) is 0 Å². The highest BCUT2D eigenvalue weighted by Gasteiger charge is 2.20. The standard InChI is InChI=1S/C13H23N3/c1-5-16(10-13(3,4)9-14)12-8-6-7-11(2)15-12/h6-8H,5,9-10,14H2,1-4H3. The van der Waals surface area contributed by atoms with Gasteiger partial charge >= 0.3 is 0 Å². The number of hydrogen-bond acceptors (Lipinski definition) is 3. The number of nitrogens with two attached hydrogens (primary N) is 1. The summed E-state index contributed by atoms with van der Waals surface area (Å²) in [5.74, 6) is 1.05. The van der Waals surface area contributed by atoms with Crippen molar-refractivity contribution in [2.45, 2.75) is 27.7 Å². The third-order valence-corrected chi connectivity index (χ3v) is 2.75. The smallest absolute Gasteiger partial charge is 0.128 e. The molecule has 2 N–H and O–H groups in total. The van der Waals surface area contributed by atoms with Crippen LogP contribution < -0.4 is 10.6 Å². The van der Waals surface area contributed by atoms with Crippen molar-refractivity contribution in [3.05, 3.63) is 23.9 Å². The van der Waals surface area contributed by atoms with E-state index in [4.69, 9.17) is 5.73 Å². The highest BCUT2D eigenvalue weighted by molar-refractivity contribution is 5.39. The summed E-state index contributed by atoms with van der Waals surface area (Å²) in [4.78, 5) is 6.83. The highest BCUT2D eigenvalue weighted by atomic mass is 15.2. The monoisotopic (exact) mass is 221 g/mol. The van der Waals surface area contributed by atoms with E-state index in [9.17, 15) is 0 Å². The molecule has 0 amide bonds. The fourth-order valence-corrected chi connectivity index (χ4v) is 1.64. The van der Waals surface area contributed by atoms with Gasteiger partial charge in [-0.2, -0.15) is 0 Å². The molecule has 3 heteroatoms. The molecule has 3 nitrogen and oxygen atoms in total. The molecule has 1 aromatic heterocycles. The fraction of sp³-hybridized carbons (Fsp3) is 0.615. The average molecular weight is 221 g/mol. The molecule has 0 aliphatic carbocycles. The van der Waals surface area contributed by atoms with Crippen molar-refractivity contribution in [3.8, 4) is 0 Å². The maximum atomic E-state index is 5.77. The van der Waals surface area contributed by atoms with Crippen molar-refractivity contribution < 1.29 is 0 Å². The van der Waals surface area contributed by atoms with E-state index in [1.165, 1.54) is 0 Å². The second kappa shape index (κ2) is 5.30. The van der Waals surface area contributed by atoms with Gasteiger partial charge in [0, 0.05) is 18.8 Å². The van der Waals surface area contributed by atoms with Crippen LogP contribution in [0.15, 0.2) is 18.2 Å². The molecule has 0 fully saturated rings. The van der Waals surface area contributed by atoms with Crippen molar-refractivity contribution >= 4 is 5.82 Å². The largest absolute Gasteiger partial charge is 0.356 e. The van der Waals surface area contributed by atoms with Crippen LogP contribution in [0.3, 0.4) is 0 Å². The first-order valence-electron chi connectivity index (χ1n) is 5.87. The average Bonchev–Trinajstić information content (AvgIpc) is 2.26. The van der Waals surface area contributed by atoms with E-state index in [0.717, 1.165) is 24.6 Å². The van der Waals surface area contributed by atoms with Crippen LogP contribution in [0.2, 0.25) is 0 Å². The lowest BCUT2D eigenvalue weighted by Gasteiger charge is -2.32. The first-order chi connectivity index (χ1) is 7.48. The zero-order chi connectivity index (χ0) is 12.2. The molecule has 0 saturated carbocycles. The minimum Gasteiger partial charge on any atom is -0.356 e. The van der Waals surface area contributed by atoms with Crippen LogP contribution in [0.25, 0.3) is 0 Å². The first-order valence-corrected chi connectivity index (χ1v) is 5.87. The second-order valence-corrected chi connectivity index (χ2v) is 5.02. The number of aryl methyl sites for hydroxylation is 1. The van der Waals surface area contributed by atoms with Gasteiger partial charge in [0.15, 0.2) is 0 Å². The zero-order valence-electron chi connectivity index (χ0n) is 10.8. The Labute approximate surface area is 98.7 Å². The molecule has 1 heterocycles. The minimum atomic E-state index is 0.126. The van der Waals surface area contributed by atoms with E-state index in [0.29, 0.717) is 6.54 Å². The van der Waals surface area contributed by atoms with Crippen molar-refractivity contribution in [1.29, 1.82) is 0 Å². The Balaban J connectivity index is 2.82. The Hall–Kier alpha value is -1.09. The maximum Gasteiger partial charge on any atom is 0.128 e. The zero-order valence-corrected chi connectivity index (χ0v) is 10.8. The van der Waals surface area contributed by atoms with Gasteiger partial charge < -0.3 is 10.6 Å². The van der Waals surface area contributed by atoms with E-state index in [1.807, 2.05) is 13.0 Å². The lowest BCUT2D eigenvalue weighted by molar-refractivity contribution is 0.378. The number of nitrogens with zero attached hydrogens (tertiary/aromatic N) is 2. The number of pyridine rings is 1. The quantitative estimate of drug-likeness (QED) is 0.829. The Morgan fingerprint density at radius 2 is 2.06 bits per heavy atom.